The molecule has 11 nitrogen and oxygen atoms in total. The van der Waals surface area contributed by atoms with Gasteiger partial charge in [0.05, 0.1) is 26.7 Å². The van der Waals surface area contributed by atoms with E-state index in [9.17, 15) is 14.7 Å². The van der Waals surface area contributed by atoms with Crippen LogP contribution in [0.3, 0.4) is 0 Å². The molecule has 0 spiro atoms. The summed E-state index contributed by atoms with van der Waals surface area (Å²) in [5, 5.41) is 9.58. The Kier molecular flexibility index (Phi) is 6.79. The molecule has 3 aromatic carbocycles. The van der Waals surface area contributed by atoms with Crippen molar-refractivity contribution in [3.05, 3.63) is 65.2 Å². The summed E-state index contributed by atoms with van der Waals surface area (Å²) in [4.78, 5) is 30.1. The largest absolute Gasteiger partial charge is 0.508 e. The standard InChI is InChI=1S/C32H32N2O9/c1-38-26-13-19(28-23-15-25-24(41-17-42-25)12-18(23)11-20-16-40-31(36)29(20)28)14-27(39-2)30(26)43-32(37)34-9-7-33(8-10-34)21-3-5-22(35)6-4-21/h3-6,12-15,20,28-29,35H,7-11,16-17H2,1-2H3/t20-,28+,29-/m0/s1. The fourth-order valence-electron chi connectivity index (χ4n) is 6.65. The van der Waals surface area contributed by atoms with Gasteiger partial charge in [-0.2, -0.15) is 0 Å². The number of carbonyl (C=O) groups is 2. The van der Waals surface area contributed by atoms with E-state index in [1.165, 1.54) is 14.2 Å². The molecule has 11 heteroatoms. The number of phenols is 1. The lowest BCUT2D eigenvalue weighted by Gasteiger charge is -2.35. The van der Waals surface area contributed by atoms with Crippen LogP contribution in [-0.4, -0.2) is 75.9 Å². The Bertz CT molecular complexity index is 1540. The van der Waals surface area contributed by atoms with E-state index in [0.29, 0.717) is 62.2 Å². The van der Waals surface area contributed by atoms with Gasteiger partial charge >= 0.3 is 12.1 Å². The molecule has 3 atom stereocenters. The SMILES string of the molecule is COc1cc([C@@H]2c3cc4c(cc3C[C@H]3COC(=O)[C@@H]32)OCO4)cc(OC)c1OC(=O)N1CCN(c2ccc(O)cc2)CC1. The van der Waals surface area contributed by atoms with Crippen LogP contribution in [0.4, 0.5) is 10.5 Å². The third kappa shape index (κ3) is 4.78. The van der Waals surface area contributed by atoms with E-state index in [2.05, 4.69) is 4.90 Å². The van der Waals surface area contributed by atoms with Crippen molar-refractivity contribution < 1.29 is 43.1 Å². The lowest BCUT2D eigenvalue weighted by Crippen LogP contribution is -2.49. The Balaban J connectivity index is 1.16. The van der Waals surface area contributed by atoms with Crippen LogP contribution in [0.1, 0.15) is 22.6 Å². The zero-order chi connectivity index (χ0) is 29.7. The Morgan fingerprint density at radius 3 is 2.26 bits per heavy atom. The number of anilines is 1. The van der Waals surface area contributed by atoms with Gasteiger partial charge in [0, 0.05) is 43.7 Å². The highest BCUT2D eigenvalue weighted by molar-refractivity contribution is 5.79. The molecule has 43 heavy (non-hydrogen) atoms. The fourth-order valence-corrected chi connectivity index (χ4v) is 6.65. The van der Waals surface area contributed by atoms with Crippen LogP contribution in [-0.2, 0) is 16.0 Å². The molecule has 3 aliphatic heterocycles. The first-order valence-corrected chi connectivity index (χ1v) is 14.3. The lowest BCUT2D eigenvalue weighted by atomic mass is 9.67. The highest BCUT2D eigenvalue weighted by Gasteiger charge is 2.48. The quantitative estimate of drug-likeness (QED) is 0.440. The average molecular weight is 589 g/mol. The minimum Gasteiger partial charge on any atom is -0.508 e. The maximum atomic E-state index is 13.3. The Labute approximate surface area is 248 Å². The summed E-state index contributed by atoms with van der Waals surface area (Å²) >= 11 is 0. The molecule has 0 radical (unpaired) electrons. The zero-order valence-corrected chi connectivity index (χ0v) is 23.9. The van der Waals surface area contributed by atoms with Gasteiger partial charge in [0.15, 0.2) is 23.0 Å². The number of amides is 1. The van der Waals surface area contributed by atoms with Crippen molar-refractivity contribution in [2.75, 3.05) is 58.7 Å². The van der Waals surface area contributed by atoms with Crippen LogP contribution in [0.2, 0.25) is 0 Å². The Morgan fingerprint density at radius 1 is 0.907 bits per heavy atom. The summed E-state index contributed by atoms with van der Waals surface area (Å²) in [7, 11) is 3.01. The van der Waals surface area contributed by atoms with Crippen molar-refractivity contribution >= 4 is 17.7 Å². The van der Waals surface area contributed by atoms with Crippen molar-refractivity contribution in [1.82, 2.24) is 4.90 Å². The van der Waals surface area contributed by atoms with Gasteiger partial charge in [-0.05, 0) is 71.6 Å². The number of fused-ring (bicyclic) bond motifs is 3. The number of rotatable bonds is 5. The first kappa shape index (κ1) is 27.1. The molecule has 0 unspecified atom stereocenters. The van der Waals surface area contributed by atoms with Crippen molar-refractivity contribution in [3.8, 4) is 34.5 Å². The molecule has 7 rings (SSSR count). The normalized spacial score (nSPS) is 22.0. The van der Waals surface area contributed by atoms with E-state index in [0.717, 1.165) is 22.4 Å². The smallest absolute Gasteiger partial charge is 0.415 e. The van der Waals surface area contributed by atoms with Gasteiger partial charge < -0.3 is 43.3 Å². The van der Waals surface area contributed by atoms with Crippen LogP contribution in [0.25, 0.3) is 0 Å². The molecule has 2 saturated heterocycles. The monoisotopic (exact) mass is 588 g/mol. The predicted molar refractivity (Wildman–Crippen MR) is 154 cm³/mol. The Morgan fingerprint density at radius 2 is 1.58 bits per heavy atom. The summed E-state index contributed by atoms with van der Waals surface area (Å²) in [6, 6.07) is 14.6. The third-order valence-electron chi connectivity index (χ3n) is 8.81. The number of hydrogen-bond acceptors (Lipinski definition) is 10. The summed E-state index contributed by atoms with van der Waals surface area (Å²) in [5.74, 6) is 1.40. The second kappa shape index (κ2) is 10.8. The number of nitrogens with zero attached hydrogens (tertiary/aromatic N) is 2. The van der Waals surface area contributed by atoms with E-state index >= 15 is 0 Å². The van der Waals surface area contributed by atoms with Crippen LogP contribution in [0.5, 0.6) is 34.5 Å². The van der Waals surface area contributed by atoms with E-state index in [-0.39, 0.29) is 42.0 Å². The highest BCUT2D eigenvalue weighted by atomic mass is 16.7. The summed E-state index contributed by atoms with van der Waals surface area (Å²) < 4.78 is 34.2. The number of benzene rings is 3. The molecule has 4 aliphatic rings. The molecular formula is C32H32N2O9. The molecular weight excluding hydrogens is 556 g/mol. The number of aromatic hydroxyl groups is 1. The molecule has 1 aliphatic carbocycles. The highest BCUT2D eigenvalue weighted by Crippen LogP contribution is 2.52. The topological polar surface area (TPSA) is 116 Å². The number of phenolic OH excluding ortho intramolecular Hbond substituents is 1. The molecule has 2 fully saturated rings. The minimum atomic E-state index is -0.509. The zero-order valence-electron chi connectivity index (χ0n) is 23.9. The van der Waals surface area contributed by atoms with Crippen molar-refractivity contribution in [2.24, 2.45) is 11.8 Å². The van der Waals surface area contributed by atoms with Crippen molar-refractivity contribution in [3.63, 3.8) is 0 Å². The van der Waals surface area contributed by atoms with Crippen molar-refractivity contribution in [2.45, 2.75) is 12.3 Å². The van der Waals surface area contributed by atoms with E-state index in [1.807, 2.05) is 24.3 Å². The molecule has 1 amide bonds. The molecule has 3 aromatic rings. The second-order valence-electron chi connectivity index (χ2n) is 11.1. The van der Waals surface area contributed by atoms with Gasteiger partial charge in [-0.25, -0.2) is 4.79 Å². The first-order valence-electron chi connectivity index (χ1n) is 14.3. The number of ether oxygens (including phenoxy) is 6. The molecule has 224 valence electrons. The molecule has 1 N–H and O–H groups in total. The molecule has 3 heterocycles. The number of piperazine rings is 1. The molecule has 0 bridgehead atoms. The number of esters is 1. The van der Waals surface area contributed by atoms with E-state index in [4.69, 9.17) is 28.4 Å². The maximum Gasteiger partial charge on any atom is 0.415 e. The van der Waals surface area contributed by atoms with Crippen LogP contribution in [0, 0.1) is 11.8 Å². The third-order valence-corrected chi connectivity index (χ3v) is 8.81. The number of carbonyl (C=O) groups excluding carboxylic acids is 2. The van der Waals surface area contributed by atoms with Crippen molar-refractivity contribution in [1.29, 1.82) is 0 Å². The van der Waals surface area contributed by atoms with Gasteiger partial charge in [-0.3, -0.25) is 4.79 Å². The lowest BCUT2D eigenvalue weighted by molar-refractivity contribution is -0.141. The number of hydrogen-bond donors (Lipinski definition) is 1. The van der Waals surface area contributed by atoms with Gasteiger partial charge in [0.25, 0.3) is 0 Å². The average Bonchev–Trinajstić information content (AvgIpc) is 3.65. The summed E-state index contributed by atoms with van der Waals surface area (Å²) in [6.45, 7) is 2.67. The molecule has 0 saturated carbocycles. The summed E-state index contributed by atoms with van der Waals surface area (Å²) in [5.41, 5.74) is 3.80. The van der Waals surface area contributed by atoms with Crippen LogP contribution in [0.15, 0.2) is 48.5 Å². The molecule has 0 aromatic heterocycles. The maximum absolute atomic E-state index is 13.3. The first-order chi connectivity index (χ1) is 20.9. The second-order valence-corrected chi connectivity index (χ2v) is 11.1. The van der Waals surface area contributed by atoms with Crippen LogP contribution >= 0.6 is 0 Å². The predicted octanol–water partition coefficient (Wildman–Crippen LogP) is 3.94. The fraction of sp³-hybridized carbons (Fsp3) is 0.375. The number of cyclic esters (lactones) is 1. The minimum absolute atomic E-state index is 0.0140. The van der Waals surface area contributed by atoms with Gasteiger partial charge in [0.1, 0.15) is 5.75 Å². The van der Waals surface area contributed by atoms with Crippen LogP contribution < -0.4 is 28.6 Å². The summed E-state index contributed by atoms with van der Waals surface area (Å²) in [6.07, 6.45) is 0.188. The van der Waals surface area contributed by atoms with E-state index in [1.54, 1.807) is 29.2 Å². The van der Waals surface area contributed by atoms with Gasteiger partial charge in [-0.1, -0.05) is 0 Å². The van der Waals surface area contributed by atoms with Gasteiger partial charge in [0.2, 0.25) is 12.5 Å². The Hall–Kier alpha value is -4.80. The van der Waals surface area contributed by atoms with E-state index < -0.39 is 6.09 Å². The number of methoxy groups -OCH3 is 2. The van der Waals surface area contributed by atoms with Gasteiger partial charge in [-0.15, -0.1) is 0 Å².